The molecule has 1 aliphatic rings. The summed E-state index contributed by atoms with van der Waals surface area (Å²) in [5.41, 5.74) is 2.85. The van der Waals surface area contributed by atoms with Gasteiger partial charge in [-0.1, -0.05) is 6.07 Å². The van der Waals surface area contributed by atoms with Crippen LogP contribution in [0.5, 0.6) is 11.5 Å². The Morgan fingerprint density at radius 3 is 2.43 bits per heavy atom. The number of thiocarbonyl (C=S) groups is 1. The van der Waals surface area contributed by atoms with E-state index in [1.807, 2.05) is 68.1 Å². The number of hydrogen-bond acceptors (Lipinski definition) is 4. The Labute approximate surface area is 183 Å². The van der Waals surface area contributed by atoms with E-state index in [0.717, 1.165) is 41.4 Å². The lowest BCUT2D eigenvalue weighted by Gasteiger charge is -2.20. The summed E-state index contributed by atoms with van der Waals surface area (Å²) in [6, 6.07) is 13.7. The van der Waals surface area contributed by atoms with Crippen molar-refractivity contribution >= 4 is 34.6 Å². The van der Waals surface area contributed by atoms with Crippen LogP contribution in [0.4, 0.5) is 11.4 Å². The van der Waals surface area contributed by atoms with Gasteiger partial charge >= 0.3 is 0 Å². The number of nitrogens with zero attached hydrogens (tertiary/aromatic N) is 1. The Morgan fingerprint density at radius 1 is 1.10 bits per heavy atom. The lowest BCUT2D eigenvalue weighted by molar-refractivity contribution is -0.117. The first-order valence-corrected chi connectivity index (χ1v) is 10.8. The molecule has 30 heavy (non-hydrogen) atoms. The van der Waals surface area contributed by atoms with Crippen LogP contribution in [0.15, 0.2) is 42.5 Å². The second-order valence-electron chi connectivity index (χ2n) is 7.09. The van der Waals surface area contributed by atoms with E-state index in [1.54, 1.807) is 0 Å². The van der Waals surface area contributed by atoms with Crippen LogP contribution in [0.3, 0.4) is 0 Å². The fourth-order valence-corrected chi connectivity index (χ4v) is 3.72. The molecule has 1 saturated heterocycles. The van der Waals surface area contributed by atoms with Gasteiger partial charge in [-0.15, -0.1) is 0 Å². The summed E-state index contributed by atoms with van der Waals surface area (Å²) in [6.07, 6.45) is 1.55. The van der Waals surface area contributed by atoms with Crippen LogP contribution >= 0.6 is 12.2 Å². The number of anilines is 2. The molecule has 2 N–H and O–H groups in total. The molecular formula is C23H29N3O3S. The smallest absolute Gasteiger partial charge is 0.227 e. The molecule has 1 heterocycles. The molecule has 0 spiro atoms. The monoisotopic (exact) mass is 427 g/mol. The van der Waals surface area contributed by atoms with E-state index in [4.69, 9.17) is 21.7 Å². The van der Waals surface area contributed by atoms with Gasteiger partial charge in [-0.25, -0.2) is 0 Å². The summed E-state index contributed by atoms with van der Waals surface area (Å²) in [6.45, 7) is 7.90. The average Bonchev–Trinajstić information content (AvgIpc) is 3.16. The molecule has 160 valence electrons. The van der Waals surface area contributed by atoms with E-state index in [0.29, 0.717) is 24.7 Å². The van der Waals surface area contributed by atoms with E-state index in [-0.39, 0.29) is 11.9 Å². The van der Waals surface area contributed by atoms with E-state index in [9.17, 15) is 4.79 Å². The van der Waals surface area contributed by atoms with Crippen molar-refractivity contribution in [3.05, 3.63) is 48.0 Å². The molecule has 1 fully saturated rings. The first-order valence-electron chi connectivity index (χ1n) is 10.4. The first-order chi connectivity index (χ1) is 14.5. The van der Waals surface area contributed by atoms with Crippen LogP contribution in [0.2, 0.25) is 0 Å². The van der Waals surface area contributed by atoms with Gasteiger partial charge in [-0.3, -0.25) is 4.79 Å². The van der Waals surface area contributed by atoms with Gasteiger partial charge < -0.3 is 25.0 Å². The van der Waals surface area contributed by atoms with Gasteiger partial charge in [0, 0.05) is 24.3 Å². The molecule has 0 radical (unpaired) electrons. The predicted molar refractivity (Wildman–Crippen MR) is 125 cm³/mol. The van der Waals surface area contributed by atoms with Crippen molar-refractivity contribution in [2.45, 2.75) is 39.7 Å². The molecule has 1 atom stereocenters. The van der Waals surface area contributed by atoms with Gasteiger partial charge in [-0.05, 0) is 81.4 Å². The summed E-state index contributed by atoms with van der Waals surface area (Å²) < 4.78 is 11.3. The van der Waals surface area contributed by atoms with Crippen LogP contribution in [0.1, 0.15) is 45.2 Å². The van der Waals surface area contributed by atoms with Crippen molar-refractivity contribution in [1.82, 2.24) is 5.32 Å². The molecule has 0 aromatic heterocycles. The zero-order valence-corrected chi connectivity index (χ0v) is 18.6. The predicted octanol–water partition coefficient (Wildman–Crippen LogP) is 4.66. The minimum absolute atomic E-state index is 0.0126. The Morgan fingerprint density at radius 2 is 1.80 bits per heavy atom. The standard InChI is InChI=1S/C23H29N3O3S/c1-4-28-20-13-8-17(15-21(20)29-5-2)16(3)24-23(30)25-18-9-11-19(12-10-18)26-14-6-7-22(26)27/h8-13,15-16H,4-7,14H2,1-3H3,(H2,24,25,30). The first kappa shape index (κ1) is 21.9. The molecular weight excluding hydrogens is 398 g/mol. The zero-order chi connectivity index (χ0) is 21.5. The summed E-state index contributed by atoms with van der Waals surface area (Å²) in [7, 11) is 0. The highest BCUT2D eigenvalue weighted by Gasteiger charge is 2.21. The number of benzene rings is 2. The number of hydrogen-bond donors (Lipinski definition) is 2. The topological polar surface area (TPSA) is 62.8 Å². The molecule has 0 bridgehead atoms. The number of carbonyl (C=O) groups is 1. The Kier molecular flexibility index (Phi) is 7.52. The molecule has 1 amide bonds. The fraction of sp³-hybridized carbons (Fsp3) is 0.391. The molecule has 2 aromatic rings. The molecule has 6 nitrogen and oxygen atoms in total. The Bertz CT molecular complexity index is 886. The fourth-order valence-electron chi connectivity index (χ4n) is 3.43. The number of rotatable bonds is 8. The van der Waals surface area contributed by atoms with Crippen molar-refractivity contribution in [2.75, 3.05) is 30.0 Å². The molecule has 0 saturated carbocycles. The summed E-state index contributed by atoms with van der Waals surface area (Å²) in [5, 5.41) is 7.03. The molecule has 7 heteroatoms. The van der Waals surface area contributed by atoms with Crippen LogP contribution < -0.4 is 25.0 Å². The lowest BCUT2D eigenvalue weighted by Crippen LogP contribution is -2.31. The van der Waals surface area contributed by atoms with Gasteiger partial charge in [-0.2, -0.15) is 0 Å². The van der Waals surface area contributed by atoms with Crippen LogP contribution in [-0.4, -0.2) is 30.8 Å². The quantitative estimate of drug-likeness (QED) is 0.598. The van der Waals surface area contributed by atoms with E-state index in [2.05, 4.69) is 10.6 Å². The van der Waals surface area contributed by atoms with Gasteiger partial charge in [0.1, 0.15) is 0 Å². The van der Waals surface area contributed by atoms with E-state index >= 15 is 0 Å². The number of ether oxygens (including phenoxy) is 2. The van der Waals surface area contributed by atoms with Crippen molar-refractivity contribution in [2.24, 2.45) is 0 Å². The third-order valence-electron chi connectivity index (χ3n) is 4.93. The van der Waals surface area contributed by atoms with Crippen molar-refractivity contribution < 1.29 is 14.3 Å². The van der Waals surface area contributed by atoms with Crippen LogP contribution in [0.25, 0.3) is 0 Å². The molecule has 1 unspecified atom stereocenters. The summed E-state index contributed by atoms with van der Waals surface area (Å²) in [5.74, 6) is 1.66. The minimum atomic E-state index is -0.0126. The second kappa shape index (κ2) is 10.3. The highest BCUT2D eigenvalue weighted by molar-refractivity contribution is 7.80. The zero-order valence-electron chi connectivity index (χ0n) is 17.7. The second-order valence-corrected chi connectivity index (χ2v) is 7.50. The maximum Gasteiger partial charge on any atom is 0.227 e. The minimum Gasteiger partial charge on any atom is -0.490 e. The lowest BCUT2D eigenvalue weighted by atomic mass is 10.1. The number of carbonyl (C=O) groups excluding carboxylic acids is 1. The highest BCUT2D eigenvalue weighted by Crippen LogP contribution is 2.31. The average molecular weight is 428 g/mol. The van der Waals surface area contributed by atoms with Crippen molar-refractivity contribution in [3.63, 3.8) is 0 Å². The largest absolute Gasteiger partial charge is 0.490 e. The van der Waals surface area contributed by atoms with Crippen LogP contribution in [0, 0.1) is 0 Å². The molecule has 0 aliphatic carbocycles. The van der Waals surface area contributed by atoms with Crippen molar-refractivity contribution in [3.8, 4) is 11.5 Å². The van der Waals surface area contributed by atoms with Crippen LogP contribution in [-0.2, 0) is 4.79 Å². The summed E-state index contributed by atoms with van der Waals surface area (Å²) >= 11 is 5.48. The molecule has 2 aromatic carbocycles. The number of nitrogens with one attached hydrogen (secondary N) is 2. The van der Waals surface area contributed by atoms with Crippen molar-refractivity contribution in [1.29, 1.82) is 0 Å². The summed E-state index contributed by atoms with van der Waals surface area (Å²) in [4.78, 5) is 13.7. The number of amides is 1. The Balaban J connectivity index is 1.60. The molecule has 1 aliphatic heterocycles. The molecule has 3 rings (SSSR count). The van der Waals surface area contributed by atoms with E-state index < -0.39 is 0 Å². The van der Waals surface area contributed by atoms with E-state index in [1.165, 1.54) is 0 Å². The van der Waals surface area contributed by atoms with Gasteiger partial charge in [0.15, 0.2) is 16.6 Å². The third-order valence-corrected chi connectivity index (χ3v) is 5.15. The van der Waals surface area contributed by atoms with Gasteiger partial charge in [0.2, 0.25) is 5.91 Å². The third kappa shape index (κ3) is 5.42. The normalized spacial score (nSPS) is 14.4. The maximum atomic E-state index is 11.9. The Hall–Kier alpha value is -2.80. The maximum absolute atomic E-state index is 11.9. The van der Waals surface area contributed by atoms with Gasteiger partial charge in [0.25, 0.3) is 0 Å². The SMILES string of the molecule is CCOc1ccc(C(C)NC(=S)Nc2ccc(N3CCCC3=O)cc2)cc1OCC. The van der Waals surface area contributed by atoms with Gasteiger partial charge in [0.05, 0.1) is 19.3 Å². The highest BCUT2D eigenvalue weighted by atomic mass is 32.1.